The first-order valence-electron chi connectivity index (χ1n) is 11.1. The van der Waals surface area contributed by atoms with E-state index in [0.29, 0.717) is 22.3 Å². The third kappa shape index (κ3) is 5.61. The molecule has 36 heavy (non-hydrogen) atoms. The Morgan fingerprint density at radius 1 is 1.19 bits per heavy atom. The van der Waals surface area contributed by atoms with Crippen LogP contribution in [0.25, 0.3) is 11.1 Å². The van der Waals surface area contributed by atoms with Crippen LogP contribution in [0.2, 0.25) is 5.02 Å². The number of rotatable bonds is 5. The minimum Gasteiger partial charge on any atom is -0.368 e. The molecule has 3 aromatic rings. The van der Waals surface area contributed by atoms with Gasteiger partial charge in [0.05, 0.1) is 18.2 Å². The standard InChI is InChI=1S/C24H23ClF5N5O/c1-14-9-23(26,27)13-35(19(14)11-32-20-8-5-16(10-31-20)24(28,29)30)22(36)21-18(12-34(2)33-21)15-3-6-17(25)7-4-15/h3-8,10,12,14,19H,9,11,13H2,1-2H3,(H,31,32)/t14-,19?/m1/s1. The summed E-state index contributed by atoms with van der Waals surface area (Å²) < 4.78 is 69.0. The minimum atomic E-state index is -4.53. The van der Waals surface area contributed by atoms with Crippen LogP contribution in [0, 0.1) is 5.92 Å². The fourth-order valence-electron chi connectivity index (χ4n) is 4.38. The number of nitrogens with zero attached hydrogens (tertiary/aromatic N) is 4. The molecule has 0 spiro atoms. The molecule has 1 saturated heterocycles. The molecule has 1 fully saturated rings. The van der Waals surface area contributed by atoms with Crippen LogP contribution in [0.15, 0.2) is 48.8 Å². The molecule has 1 aliphatic rings. The second-order valence-electron chi connectivity index (χ2n) is 8.92. The number of aryl methyl sites for hydroxylation is 1. The molecule has 1 aliphatic heterocycles. The number of piperidine rings is 1. The number of benzene rings is 1. The third-order valence-electron chi connectivity index (χ3n) is 6.11. The van der Waals surface area contributed by atoms with E-state index in [1.165, 1.54) is 4.68 Å². The highest BCUT2D eigenvalue weighted by atomic mass is 35.5. The Morgan fingerprint density at radius 3 is 2.50 bits per heavy atom. The zero-order valence-electron chi connectivity index (χ0n) is 19.4. The number of halogens is 6. The molecule has 1 N–H and O–H groups in total. The van der Waals surface area contributed by atoms with Crippen molar-refractivity contribution in [1.82, 2.24) is 19.7 Å². The topological polar surface area (TPSA) is 63.1 Å². The number of hydrogen-bond acceptors (Lipinski definition) is 4. The minimum absolute atomic E-state index is 0.0161. The lowest BCUT2D eigenvalue weighted by atomic mass is 9.88. The molecule has 0 bridgehead atoms. The van der Waals surface area contributed by atoms with Crippen molar-refractivity contribution in [3.05, 3.63) is 65.1 Å². The predicted octanol–water partition coefficient (Wildman–Crippen LogP) is 5.75. The van der Waals surface area contributed by atoms with Crippen molar-refractivity contribution < 1.29 is 26.7 Å². The SMILES string of the molecule is C[C@@H]1CC(F)(F)CN(C(=O)c2nn(C)cc2-c2ccc(Cl)cc2)C1CNc1ccc(C(F)(F)F)cn1. The molecule has 0 saturated carbocycles. The summed E-state index contributed by atoms with van der Waals surface area (Å²) in [7, 11) is 1.62. The number of pyridine rings is 1. The number of anilines is 1. The molecule has 0 radical (unpaired) electrons. The van der Waals surface area contributed by atoms with E-state index in [1.807, 2.05) is 0 Å². The molecule has 1 unspecified atom stereocenters. The molecule has 192 valence electrons. The lowest BCUT2D eigenvalue weighted by Gasteiger charge is -2.43. The molecule has 1 aromatic carbocycles. The van der Waals surface area contributed by atoms with Gasteiger partial charge in [0.1, 0.15) is 5.82 Å². The van der Waals surface area contributed by atoms with Crippen molar-refractivity contribution in [3.63, 3.8) is 0 Å². The first kappa shape index (κ1) is 25.9. The van der Waals surface area contributed by atoms with Crippen LogP contribution in [0.5, 0.6) is 0 Å². The first-order valence-corrected chi connectivity index (χ1v) is 11.5. The molecular weight excluding hydrogens is 505 g/mol. The van der Waals surface area contributed by atoms with E-state index in [2.05, 4.69) is 15.4 Å². The number of alkyl halides is 5. The van der Waals surface area contributed by atoms with Crippen molar-refractivity contribution in [2.75, 3.05) is 18.4 Å². The smallest absolute Gasteiger partial charge is 0.368 e. The maximum Gasteiger partial charge on any atom is 0.417 e. The summed E-state index contributed by atoms with van der Waals surface area (Å²) in [5, 5.41) is 7.64. The van der Waals surface area contributed by atoms with Crippen molar-refractivity contribution in [1.29, 1.82) is 0 Å². The van der Waals surface area contributed by atoms with Crippen molar-refractivity contribution in [3.8, 4) is 11.1 Å². The Hall–Kier alpha value is -3.21. The van der Waals surface area contributed by atoms with Crippen LogP contribution in [-0.4, -0.2) is 50.6 Å². The Bertz CT molecular complexity index is 1230. The van der Waals surface area contributed by atoms with Crippen molar-refractivity contribution in [2.24, 2.45) is 13.0 Å². The second-order valence-corrected chi connectivity index (χ2v) is 9.36. The van der Waals surface area contributed by atoms with Crippen LogP contribution in [0.3, 0.4) is 0 Å². The molecule has 3 heterocycles. The van der Waals surface area contributed by atoms with Gasteiger partial charge in [-0.2, -0.15) is 18.3 Å². The molecule has 6 nitrogen and oxygen atoms in total. The number of carbonyl (C=O) groups is 1. The van der Waals surface area contributed by atoms with Gasteiger partial charge in [-0.05, 0) is 35.7 Å². The van der Waals surface area contributed by atoms with Gasteiger partial charge in [-0.1, -0.05) is 30.7 Å². The molecule has 0 aliphatic carbocycles. The van der Waals surface area contributed by atoms with Gasteiger partial charge < -0.3 is 10.2 Å². The number of likely N-dealkylation sites (tertiary alicyclic amines) is 1. The predicted molar refractivity (Wildman–Crippen MR) is 125 cm³/mol. The largest absolute Gasteiger partial charge is 0.417 e. The lowest BCUT2D eigenvalue weighted by molar-refractivity contribution is -0.137. The van der Waals surface area contributed by atoms with E-state index < -0.39 is 48.5 Å². The van der Waals surface area contributed by atoms with E-state index in [1.54, 1.807) is 44.4 Å². The van der Waals surface area contributed by atoms with Crippen LogP contribution < -0.4 is 5.32 Å². The van der Waals surface area contributed by atoms with Gasteiger partial charge in [0.15, 0.2) is 5.69 Å². The summed E-state index contributed by atoms with van der Waals surface area (Å²) in [6, 6.07) is 8.08. The molecule has 1 amide bonds. The highest BCUT2D eigenvalue weighted by molar-refractivity contribution is 6.30. The molecule has 2 atom stereocenters. The Balaban J connectivity index is 1.60. The quantitative estimate of drug-likeness (QED) is 0.429. The van der Waals surface area contributed by atoms with Gasteiger partial charge in [0.25, 0.3) is 11.8 Å². The van der Waals surface area contributed by atoms with Gasteiger partial charge in [0.2, 0.25) is 0 Å². The van der Waals surface area contributed by atoms with E-state index in [0.717, 1.165) is 17.0 Å². The average molecular weight is 528 g/mol. The van der Waals surface area contributed by atoms with E-state index in [9.17, 15) is 26.7 Å². The zero-order chi connectivity index (χ0) is 26.3. The van der Waals surface area contributed by atoms with Crippen LogP contribution in [0.4, 0.5) is 27.8 Å². The maximum atomic E-state index is 14.6. The summed E-state index contributed by atoms with van der Waals surface area (Å²) >= 11 is 5.96. The van der Waals surface area contributed by atoms with E-state index >= 15 is 0 Å². The van der Waals surface area contributed by atoms with Crippen LogP contribution in [0.1, 0.15) is 29.4 Å². The van der Waals surface area contributed by atoms with Gasteiger partial charge in [-0.25, -0.2) is 13.8 Å². The van der Waals surface area contributed by atoms with Crippen molar-refractivity contribution >= 4 is 23.3 Å². The highest BCUT2D eigenvalue weighted by Gasteiger charge is 2.46. The summed E-state index contributed by atoms with van der Waals surface area (Å²) in [4.78, 5) is 18.5. The fourth-order valence-corrected chi connectivity index (χ4v) is 4.50. The van der Waals surface area contributed by atoms with Crippen LogP contribution >= 0.6 is 11.6 Å². The fraction of sp³-hybridized carbons (Fsp3) is 0.375. The normalized spacial score (nSPS) is 19.8. The summed E-state index contributed by atoms with van der Waals surface area (Å²) in [5.74, 6) is -4.24. The Morgan fingerprint density at radius 2 is 1.89 bits per heavy atom. The first-order chi connectivity index (χ1) is 16.8. The number of nitrogens with one attached hydrogen (secondary N) is 1. The molecular formula is C24H23ClF5N5O. The third-order valence-corrected chi connectivity index (χ3v) is 6.36. The lowest BCUT2D eigenvalue weighted by Crippen LogP contribution is -2.57. The Labute approximate surface area is 209 Å². The van der Waals surface area contributed by atoms with E-state index in [-0.39, 0.29) is 18.1 Å². The van der Waals surface area contributed by atoms with Gasteiger partial charge >= 0.3 is 6.18 Å². The summed E-state index contributed by atoms with van der Waals surface area (Å²) in [6.45, 7) is 0.822. The zero-order valence-corrected chi connectivity index (χ0v) is 20.1. The van der Waals surface area contributed by atoms with Gasteiger partial charge in [-0.3, -0.25) is 9.48 Å². The summed E-state index contributed by atoms with van der Waals surface area (Å²) in [5.41, 5.74) is 0.232. The monoisotopic (exact) mass is 527 g/mol. The number of carbonyl (C=O) groups excluding carboxylic acids is 1. The molecule has 12 heteroatoms. The number of amides is 1. The molecule has 4 rings (SSSR count). The Kier molecular flexibility index (Phi) is 6.96. The number of hydrogen-bond donors (Lipinski definition) is 1. The van der Waals surface area contributed by atoms with Gasteiger partial charge in [0, 0.05) is 43.0 Å². The average Bonchev–Trinajstić information content (AvgIpc) is 3.19. The van der Waals surface area contributed by atoms with Gasteiger partial charge in [-0.15, -0.1) is 0 Å². The highest BCUT2D eigenvalue weighted by Crippen LogP contribution is 2.36. The maximum absolute atomic E-state index is 14.6. The molecule has 2 aromatic heterocycles. The van der Waals surface area contributed by atoms with E-state index in [4.69, 9.17) is 11.6 Å². The van der Waals surface area contributed by atoms with Crippen molar-refractivity contribution in [2.45, 2.75) is 31.5 Å². The summed E-state index contributed by atoms with van der Waals surface area (Å²) in [6.07, 6.45) is -2.64. The number of aromatic nitrogens is 3. The second kappa shape index (κ2) is 9.68. The van der Waals surface area contributed by atoms with Crippen LogP contribution in [-0.2, 0) is 13.2 Å².